The zero-order valence-corrected chi connectivity index (χ0v) is 11.3. The first kappa shape index (κ1) is 13.8. The van der Waals surface area contributed by atoms with E-state index in [2.05, 4.69) is 24.4 Å². The van der Waals surface area contributed by atoms with E-state index >= 15 is 0 Å². The van der Waals surface area contributed by atoms with Crippen molar-refractivity contribution >= 4 is 0 Å². The molecule has 102 valence electrons. The van der Waals surface area contributed by atoms with Crippen molar-refractivity contribution in [2.45, 2.75) is 31.8 Å². The lowest BCUT2D eigenvalue weighted by molar-refractivity contribution is 0.273. The van der Waals surface area contributed by atoms with Gasteiger partial charge in [0.05, 0.1) is 12.3 Å². The number of aliphatic hydroxyl groups is 1. The van der Waals surface area contributed by atoms with E-state index in [1.165, 1.54) is 5.56 Å². The van der Waals surface area contributed by atoms with Crippen molar-refractivity contribution in [2.75, 3.05) is 6.61 Å². The highest BCUT2D eigenvalue weighted by molar-refractivity contribution is 5.26. The van der Waals surface area contributed by atoms with Gasteiger partial charge in [0.1, 0.15) is 5.76 Å². The molecule has 3 nitrogen and oxygen atoms in total. The molecule has 2 aromatic rings. The summed E-state index contributed by atoms with van der Waals surface area (Å²) in [6, 6.07) is 14.5. The van der Waals surface area contributed by atoms with Crippen molar-refractivity contribution in [2.24, 2.45) is 0 Å². The lowest BCUT2D eigenvalue weighted by atomic mass is 10.0. The Labute approximate surface area is 114 Å². The number of rotatable bonds is 7. The van der Waals surface area contributed by atoms with Crippen molar-refractivity contribution in [3.05, 3.63) is 60.1 Å². The predicted molar refractivity (Wildman–Crippen MR) is 75.9 cm³/mol. The van der Waals surface area contributed by atoms with Gasteiger partial charge in [0.15, 0.2) is 0 Å². The minimum absolute atomic E-state index is 0.0601. The molecule has 1 heterocycles. The Balaban J connectivity index is 2.12. The van der Waals surface area contributed by atoms with Crippen LogP contribution in [0.15, 0.2) is 53.1 Å². The number of furan rings is 1. The molecule has 2 N–H and O–H groups in total. The Morgan fingerprint density at radius 2 is 1.95 bits per heavy atom. The summed E-state index contributed by atoms with van der Waals surface area (Å²) in [6.45, 7) is 2.37. The van der Waals surface area contributed by atoms with Gasteiger partial charge >= 0.3 is 0 Å². The normalized spacial score (nSPS) is 14.2. The lowest BCUT2D eigenvalue weighted by Crippen LogP contribution is -2.31. The van der Waals surface area contributed by atoms with E-state index in [9.17, 15) is 0 Å². The van der Waals surface area contributed by atoms with Crippen molar-refractivity contribution < 1.29 is 9.52 Å². The lowest BCUT2D eigenvalue weighted by Gasteiger charge is -2.22. The van der Waals surface area contributed by atoms with E-state index in [-0.39, 0.29) is 12.6 Å². The van der Waals surface area contributed by atoms with E-state index in [0.29, 0.717) is 6.04 Å². The van der Waals surface area contributed by atoms with Crippen LogP contribution in [0.2, 0.25) is 0 Å². The Kier molecular flexibility index (Phi) is 5.19. The van der Waals surface area contributed by atoms with Gasteiger partial charge < -0.3 is 14.8 Å². The first-order chi connectivity index (χ1) is 9.31. The topological polar surface area (TPSA) is 45.4 Å². The highest BCUT2D eigenvalue weighted by Crippen LogP contribution is 2.23. The van der Waals surface area contributed by atoms with Crippen LogP contribution in [-0.2, 0) is 0 Å². The van der Waals surface area contributed by atoms with Gasteiger partial charge in [0.2, 0.25) is 0 Å². The second-order valence-electron chi connectivity index (χ2n) is 4.79. The molecule has 0 radical (unpaired) electrons. The van der Waals surface area contributed by atoms with Gasteiger partial charge in [0, 0.05) is 12.6 Å². The summed E-state index contributed by atoms with van der Waals surface area (Å²) >= 11 is 0. The van der Waals surface area contributed by atoms with Crippen molar-refractivity contribution in [3.8, 4) is 0 Å². The number of nitrogens with one attached hydrogen (secondary N) is 1. The Hall–Kier alpha value is -1.58. The van der Waals surface area contributed by atoms with Crippen molar-refractivity contribution in [1.82, 2.24) is 5.32 Å². The van der Waals surface area contributed by atoms with E-state index < -0.39 is 0 Å². The minimum atomic E-state index is 0.0601. The minimum Gasteiger partial charge on any atom is -0.467 e. The van der Waals surface area contributed by atoms with Crippen LogP contribution in [0, 0.1) is 0 Å². The van der Waals surface area contributed by atoms with Crippen molar-refractivity contribution in [3.63, 3.8) is 0 Å². The summed E-state index contributed by atoms with van der Waals surface area (Å²) in [5.74, 6) is 0.919. The van der Waals surface area contributed by atoms with Gasteiger partial charge in [-0.05, 0) is 37.5 Å². The quantitative estimate of drug-likeness (QED) is 0.803. The van der Waals surface area contributed by atoms with Crippen LogP contribution in [0.5, 0.6) is 0 Å². The summed E-state index contributed by atoms with van der Waals surface area (Å²) in [7, 11) is 0. The number of benzene rings is 1. The molecule has 0 saturated carbocycles. The monoisotopic (exact) mass is 259 g/mol. The number of aliphatic hydroxyl groups excluding tert-OH is 1. The zero-order chi connectivity index (χ0) is 13.5. The predicted octanol–water partition coefficient (Wildman–Crippen LogP) is 3.12. The fourth-order valence-electron chi connectivity index (χ4n) is 2.21. The third-order valence-electron chi connectivity index (χ3n) is 3.21. The van der Waals surface area contributed by atoms with Crippen molar-refractivity contribution in [1.29, 1.82) is 0 Å². The van der Waals surface area contributed by atoms with Gasteiger partial charge in [-0.3, -0.25) is 0 Å². The fraction of sp³-hybridized carbons (Fsp3) is 0.375. The van der Waals surface area contributed by atoms with E-state index in [0.717, 1.165) is 18.6 Å². The molecular weight excluding hydrogens is 238 g/mol. The standard InChI is InChI=1S/C16H21NO2/c1-13(7-5-11-18)17-16(15-10-6-12-19-15)14-8-3-2-4-9-14/h2-4,6,8-10,12-13,16-18H,5,7,11H2,1H3. The first-order valence-electron chi connectivity index (χ1n) is 6.76. The molecule has 0 aliphatic rings. The molecule has 3 heteroatoms. The smallest absolute Gasteiger partial charge is 0.125 e. The fourth-order valence-corrected chi connectivity index (χ4v) is 2.21. The molecule has 0 spiro atoms. The van der Waals surface area contributed by atoms with Crippen LogP contribution in [0.25, 0.3) is 0 Å². The molecule has 1 aromatic heterocycles. The van der Waals surface area contributed by atoms with Crippen LogP contribution in [-0.4, -0.2) is 17.8 Å². The van der Waals surface area contributed by atoms with Crippen LogP contribution in [0.1, 0.15) is 37.1 Å². The SMILES string of the molecule is CC(CCCO)NC(c1ccccc1)c1ccco1. The molecule has 0 aliphatic carbocycles. The average Bonchev–Trinajstić information content (AvgIpc) is 2.97. The largest absolute Gasteiger partial charge is 0.467 e. The molecule has 2 rings (SSSR count). The highest BCUT2D eigenvalue weighted by Gasteiger charge is 2.18. The van der Waals surface area contributed by atoms with E-state index in [1.807, 2.05) is 30.3 Å². The Morgan fingerprint density at radius 1 is 1.16 bits per heavy atom. The van der Waals surface area contributed by atoms with Crippen LogP contribution < -0.4 is 5.32 Å². The van der Waals surface area contributed by atoms with E-state index in [1.54, 1.807) is 6.26 Å². The maximum Gasteiger partial charge on any atom is 0.125 e. The van der Waals surface area contributed by atoms with Gasteiger partial charge in [-0.25, -0.2) is 0 Å². The van der Waals surface area contributed by atoms with Gasteiger partial charge in [-0.1, -0.05) is 30.3 Å². The molecule has 2 atom stereocenters. The molecule has 19 heavy (non-hydrogen) atoms. The van der Waals surface area contributed by atoms with Gasteiger partial charge in [0.25, 0.3) is 0 Å². The average molecular weight is 259 g/mol. The second kappa shape index (κ2) is 7.12. The zero-order valence-electron chi connectivity index (χ0n) is 11.3. The van der Waals surface area contributed by atoms with Crippen LogP contribution >= 0.6 is 0 Å². The number of hydrogen-bond acceptors (Lipinski definition) is 3. The molecule has 0 amide bonds. The maximum absolute atomic E-state index is 8.90. The third kappa shape index (κ3) is 3.94. The maximum atomic E-state index is 8.90. The highest BCUT2D eigenvalue weighted by atomic mass is 16.3. The molecular formula is C16H21NO2. The molecule has 1 aromatic carbocycles. The first-order valence-corrected chi connectivity index (χ1v) is 6.76. The summed E-state index contributed by atoms with van der Waals surface area (Å²) in [5, 5.41) is 12.5. The van der Waals surface area contributed by atoms with Gasteiger partial charge in [-0.2, -0.15) is 0 Å². The van der Waals surface area contributed by atoms with Gasteiger partial charge in [-0.15, -0.1) is 0 Å². The van der Waals surface area contributed by atoms with E-state index in [4.69, 9.17) is 9.52 Å². The third-order valence-corrected chi connectivity index (χ3v) is 3.21. The number of hydrogen-bond donors (Lipinski definition) is 2. The molecule has 0 saturated heterocycles. The second-order valence-corrected chi connectivity index (χ2v) is 4.79. The molecule has 2 unspecified atom stereocenters. The Morgan fingerprint density at radius 3 is 2.58 bits per heavy atom. The van der Waals surface area contributed by atoms with Crippen LogP contribution in [0.4, 0.5) is 0 Å². The molecule has 0 bridgehead atoms. The Bertz CT molecular complexity index is 453. The summed E-state index contributed by atoms with van der Waals surface area (Å²) in [6.07, 6.45) is 3.46. The van der Waals surface area contributed by atoms with Crippen LogP contribution in [0.3, 0.4) is 0 Å². The molecule has 0 fully saturated rings. The molecule has 0 aliphatic heterocycles. The summed E-state index contributed by atoms with van der Waals surface area (Å²) in [4.78, 5) is 0. The summed E-state index contributed by atoms with van der Waals surface area (Å²) in [5.41, 5.74) is 1.19. The summed E-state index contributed by atoms with van der Waals surface area (Å²) < 4.78 is 5.54.